The molecule has 0 aliphatic rings. The normalized spacial score (nSPS) is 10.6. The van der Waals surface area contributed by atoms with Crippen molar-refractivity contribution in [2.24, 2.45) is 0 Å². The van der Waals surface area contributed by atoms with Crippen molar-refractivity contribution in [3.8, 4) is 11.5 Å². The van der Waals surface area contributed by atoms with Gasteiger partial charge in [0.15, 0.2) is 18.1 Å². The molecule has 0 unspecified atom stereocenters. The van der Waals surface area contributed by atoms with Crippen LogP contribution >= 0.6 is 0 Å². The van der Waals surface area contributed by atoms with E-state index >= 15 is 0 Å². The molecule has 5 heteroatoms. The first-order valence-corrected chi connectivity index (χ1v) is 8.50. The fourth-order valence-corrected chi connectivity index (χ4v) is 2.41. The van der Waals surface area contributed by atoms with Crippen molar-refractivity contribution in [2.75, 3.05) is 32.7 Å². The largest absolute Gasteiger partial charge is 0.493 e. The van der Waals surface area contributed by atoms with Gasteiger partial charge in [-0.25, -0.2) is 0 Å². The predicted molar refractivity (Wildman–Crippen MR) is 106 cm³/mol. The summed E-state index contributed by atoms with van der Waals surface area (Å²) >= 11 is 0. The number of hydrogen-bond donors (Lipinski definition) is 1. The highest BCUT2D eigenvalue weighted by atomic mass is 16.5. The number of anilines is 1. The molecule has 0 radical (unpaired) electrons. The molecule has 0 heterocycles. The van der Waals surface area contributed by atoms with Crippen molar-refractivity contribution < 1.29 is 14.3 Å². The predicted octanol–water partition coefficient (Wildman–Crippen LogP) is 3.49. The lowest BCUT2D eigenvalue weighted by Gasteiger charge is -2.13. The minimum absolute atomic E-state index is 0.0604. The highest BCUT2D eigenvalue weighted by Gasteiger charge is 2.08. The Morgan fingerprint density at radius 1 is 1.12 bits per heavy atom. The van der Waals surface area contributed by atoms with E-state index in [0.717, 1.165) is 16.8 Å². The summed E-state index contributed by atoms with van der Waals surface area (Å²) in [4.78, 5) is 14.1. The summed E-state index contributed by atoms with van der Waals surface area (Å²) in [5.41, 5.74) is 3.18. The molecule has 2 aromatic carbocycles. The summed E-state index contributed by atoms with van der Waals surface area (Å²) in [6.45, 7) is 2.36. The van der Waals surface area contributed by atoms with Gasteiger partial charge in [0.05, 0.1) is 7.11 Å². The zero-order valence-electron chi connectivity index (χ0n) is 15.8. The molecule has 2 aromatic rings. The molecule has 0 spiro atoms. The Hall–Kier alpha value is -2.95. The number of methoxy groups -OCH3 is 1. The van der Waals surface area contributed by atoms with Gasteiger partial charge in [0.2, 0.25) is 0 Å². The number of carbonyl (C=O) groups is 1. The van der Waals surface area contributed by atoms with Gasteiger partial charge in [0, 0.05) is 26.3 Å². The van der Waals surface area contributed by atoms with Crippen LogP contribution in [-0.4, -0.2) is 33.7 Å². The summed E-state index contributed by atoms with van der Waals surface area (Å²) in [5, 5.41) is 2.86. The van der Waals surface area contributed by atoms with Crippen LogP contribution in [0.2, 0.25) is 0 Å². The fourth-order valence-electron chi connectivity index (χ4n) is 2.41. The van der Waals surface area contributed by atoms with Crippen molar-refractivity contribution in [1.82, 2.24) is 5.32 Å². The third-order valence-corrected chi connectivity index (χ3v) is 3.85. The van der Waals surface area contributed by atoms with E-state index in [-0.39, 0.29) is 12.5 Å². The van der Waals surface area contributed by atoms with Gasteiger partial charge in [-0.3, -0.25) is 4.79 Å². The minimum atomic E-state index is -0.179. The van der Waals surface area contributed by atoms with Crippen LogP contribution in [0.25, 0.3) is 6.08 Å². The summed E-state index contributed by atoms with van der Waals surface area (Å²) in [7, 11) is 5.57. The fraction of sp³-hybridized carbons (Fsp3) is 0.286. The van der Waals surface area contributed by atoms with E-state index in [0.29, 0.717) is 18.0 Å². The van der Waals surface area contributed by atoms with E-state index in [9.17, 15) is 4.79 Å². The lowest BCUT2D eigenvalue weighted by Crippen LogP contribution is -2.28. The first-order valence-electron chi connectivity index (χ1n) is 8.50. The Balaban J connectivity index is 1.86. The lowest BCUT2D eigenvalue weighted by atomic mass is 10.2. The number of nitrogens with zero attached hydrogens (tertiary/aromatic N) is 1. The molecule has 0 saturated heterocycles. The van der Waals surface area contributed by atoms with Crippen LogP contribution in [0.4, 0.5) is 5.69 Å². The number of benzene rings is 2. The molecular formula is C21H26N2O3. The number of allylic oxidation sites excluding steroid dienone is 1. The lowest BCUT2D eigenvalue weighted by molar-refractivity contribution is -0.123. The third-order valence-electron chi connectivity index (χ3n) is 3.85. The second-order valence-corrected chi connectivity index (χ2v) is 6.04. The SMILES string of the molecule is CC=Cc1ccc(OCC(=O)NCc2ccc(N(C)C)cc2)c(OC)c1. The first kappa shape index (κ1) is 19.4. The summed E-state index contributed by atoms with van der Waals surface area (Å²) in [6, 6.07) is 13.6. The molecule has 138 valence electrons. The van der Waals surface area contributed by atoms with Gasteiger partial charge in [-0.1, -0.05) is 30.4 Å². The molecule has 0 bridgehead atoms. The molecule has 0 saturated carbocycles. The summed E-state index contributed by atoms with van der Waals surface area (Å²) in [6.07, 6.45) is 3.93. The van der Waals surface area contributed by atoms with Crippen LogP contribution < -0.4 is 19.7 Å². The van der Waals surface area contributed by atoms with Crippen molar-refractivity contribution >= 4 is 17.7 Å². The molecule has 5 nitrogen and oxygen atoms in total. The van der Waals surface area contributed by atoms with Gasteiger partial charge in [-0.15, -0.1) is 0 Å². The molecule has 0 aromatic heterocycles. The van der Waals surface area contributed by atoms with Crippen molar-refractivity contribution in [3.63, 3.8) is 0 Å². The number of rotatable bonds is 8. The zero-order valence-corrected chi connectivity index (χ0v) is 15.8. The Morgan fingerprint density at radius 2 is 1.85 bits per heavy atom. The van der Waals surface area contributed by atoms with Crippen molar-refractivity contribution in [2.45, 2.75) is 13.5 Å². The highest BCUT2D eigenvalue weighted by molar-refractivity contribution is 5.77. The topological polar surface area (TPSA) is 50.8 Å². The van der Waals surface area contributed by atoms with E-state index in [1.807, 2.05) is 74.5 Å². The van der Waals surface area contributed by atoms with Crippen LogP contribution in [0, 0.1) is 0 Å². The van der Waals surface area contributed by atoms with Gasteiger partial charge >= 0.3 is 0 Å². The van der Waals surface area contributed by atoms with E-state index in [4.69, 9.17) is 9.47 Å². The Bertz CT molecular complexity index is 752. The van der Waals surface area contributed by atoms with Crippen LogP contribution in [0.3, 0.4) is 0 Å². The van der Waals surface area contributed by atoms with E-state index in [2.05, 4.69) is 5.32 Å². The standard InChI is InChI=1S/C21H26N2O3/c1-5-6-16-9-12-19(20(13-16)25-4)26-15-21(24)22-14-17-7-10-18(11-8-17)23(2)3/h5-13H,14-15H2,1-4H3,(H,22,24). The number of ether oxygens (including phenoxy) is 2. The smallest absolute Gasteiger partial charge is 0.258 e. The Kier molecular flexibility index (Phi) is 7.09. The number of amides is 1. The molecule has 0 fully saturated rings. The minimum Gasteiger partial charge on any atom is -0.493 e. The average Bonchev–Trinajstić information content (AvgIpc) is 2.65. The van der Waals surface area contributed by atoms with Crippen LogP contribution in [0.5, 0.6) is 11.5 Å². The molecule has 1 N–H and O–H groups in total. The Labute approximate surface area is 155 Å². The van der Waals surface area contributed by atoms with Crippen LogP contribution in [-0.2, 0) is 11.3 Å². The van der Waals surface area contributed by atoms with Gasteiger partial charge < -0.3 is 19.7 Å². The van der Waals surface area contributed by atoms with Gasteiger partial charge in [0.1, 0.15) is 0 Å². The third kappa shape index (κ3) is 5.55. The molecule has 1 amide bonds. The molecule has 2 rings (SSSR count). The quantitative estimate of drug-likeness (QED) is 0.788. The van der Waals surface area contributed by atoms with E-state index < -0.39 is 0 Å². The van der Waals surface area contributed by atoms with Crippen molar-refractivity contribution in [3.05, 3.63) is 59.7 Å². The van der Waals surface area contributed by atoms with E-state index in [1.54, 1.807) is 13.2 Å². The molecular weight excluding hydrogens is 328 g/mol. The van der Waals surface area contributed by atoms with Crippen LogP contribution in [0.1, 0.15) is 18.1 Å². The average molecular weight is 354 g/mol. The maximum absolute atomic E-state index is 12.0. The monoisotopic (exact) mass is 354 g/mol. The maximum Gasteiger partial charge on any atom is 0.258 e. The van der Waals surface area contributed by atoms with Gasteiger partial charge in [-0.2, -0.15) is 0 Å². The number of nitrogens with one attached hydrogen (secondary N) is 1. The summed E-state index contributed by atoms with van der Waals surface area (Å²) in [5.74, 6) is 0.972. The van der Waals surface area contributed by atoms with Crippen LogP contribution in [0.15, 0.2) is 48.5 Å². The van der Waals surface area contributed by atoms with Crippen molar-refractivity contribution in [1.29, 1.82) is 0 Å². The van der Waals surface area contributed by atoms with Gasteiger partial charge in [0.25, 0.3) is 5.91 Å². The van der Waals surface area contributed by atoms with E-state index in [1.165, 1.54) is 0 Å². The second-order valence-electron chi connectivity index (χ2n) is 6.04. The molecule has 0 aliphatic heterocycles. The highest BCUT2D eigenvalue weighted by Crippen LogP contribution is 2.28. The molecule has 0 aliphatic carbocycles. The number of hydrogen-bond acceptors (Lipinski definition) is 4. The molecule has 0 atom stereocenters. The first-order chi connectivity index (χ1) is 12.5. The zero-order chi connectivity index (χ0) is 18.9. The second kappa shape index (κ2) is 9.51. The maximum atomic E-state index is 12.0. The number of carbonyl (C=O) groups excluding carboxylic acids is 1. The molecule has 26 heavy (non-hydrogen) atoms. The Morgan fingerprint density at radius 3 is 2.46 bits per heavy atom. The van der Waals surface area contributed by atoms with Gasteiger partial charge in [-0.05, 0) is 42.3 Å². The summed E-state index contributed by atoms with van der Waals surface area (Å²) < 4.78 is 10.9.